The van der Waals surface area contributed by atoms with E-state index < -0.39 is 11.7 Å². The molecule has 1 unspecified atom stereocenters. The monoisotopic (exact) mass is 384 g/mol. The van der Waals surface area contributed by atoms with Gasteiger partial charge in [-0.25, -0.2) is 0 Å². The average Bonchev–Trinajstić information content (AvgIpc) is 2.60. The van der Waals surface area contributed by atoms with Crippen molar-refractivity contribution in [3.8, 4) is 11.5 Å². The van der Waals surface area contributed by atoms with E-state index in [1.165, 1.54) is 25.3 Å². The topological polar surface area (TPSA) is 42.5 Å². The van der Waals surface area contributed by atoms with Gasteiger partial charge in [0.2, 0.25) is 0 Å². The maximum atomic E-state index is 13.1. The van der Waals surface area contributed by atoms with E-state index in [4.69, 9.17) is 21.7 Å². The summed E-state index contributed by atoms with van der Waals surface area (Å²) in [6.45, 7) is 1.82. The summed E-state index contributed by atoms with van der Waals surface area (Å²) < 4.78 is 49.7. The largest absolute Gasteiger partial charge is 0.497 e. The van der Waals surface area contributed by atoms with Gasteiger partial charge >= 0.3 is 6.18 Å². The van der Waals surface area contributed by atoms with Crippen LogP contribution in [0.3, 0.4) is 0 Å². The number of hydrogen-bond acceptors (Lipinski definition) is 3. The van der Waals surface area contributed by atoms with E-state index in [1.54, 1.807) is 25.3 Å². The van der Waals surface area contributed by atoms with Crippen molar-refractivity contribution in [1.82, 2.24) is 5.32 Å². The second-order valence-electron chi connectivity index (χ2n) is 5.47. The van der Waals surface area contributed by atoms with Crippen molar-refractivity contribution >= 4 is 23.0 Å². The molecule has 2 N–H and O–H groups in total. The molecule has 8 heteroatoms. The Morgan fingerprint density at radius 3 is 2.38 bits per heavy atom. The maximum Gasteiger partial charge on any atom is 0.418 e. The van der Waals surface area contributed by atoms with Crippen molar-refractivity contribution < 1.29 is 22.6 Å². The highest BCUT2D eigenvalue weighted by Gasteiger charge is 2.33. The van der Waals surface area contributed by atoms with Crippen molar-refractivity contribution in [2.24, 2.45) is 0 Å². The molecule has 0 aliphatic rings. The van der Waals surface area contributed by atoms with Crippen LogP contribution in [0.1, 0.15) is 24.1 Å². The lowest BCUT2D eigenvalue weighted by atomic mass is 10.1. The fourth-order valence-corrected chi connectivity index (χ4v) is 2.74. The Balaban J connectivity index is 2.16. The first-order valence-corrected chi connectivity index (χ1v) is 8.12. The first-order valence-electron chi connectivity index (χ1n) is 7.72. The van der Waals surface area contributed by atoms with E-state index >= 15 is 0 Å². The summed E-state index contributed by atoms with van der Waals surface area (Å²) in [5, 5.41) is 5.65. The molecule has 26 heavy (non-hydrogen) atoms. The van der Waals surface area contributed by atoms with Crippen molar-refractivity contribution in [2.45, 2.75) is 19.1 Å². The van der Waals surface area contributed by atoms with Gasteiger partial charge in [-0.05, 0) is 49.5 Å². The Hall–Kier alpha value is -2.48. The van der Waals surface area contributed by atoms with E-state index in [2.05, 4.69) is 10.6 Å². The molecule has 140 valence electrons. The lowest BCUT2D eigenvalue weighted by Gasteiger charge is -2.21. The van der Waals surface area contributed by atoms with Crippen LogP contribution >= 0.6 is 12.2 Å². The smallest absolute Gasteiger partial charge is 0.418 e. The van der Waals surface area contributed by atoms with Gasteiger partial charge in [-0.3, -0.25) is 0 Å². The van der Waals surface area contributed by atoms with Crippen LogP contribution in [-0.2, 0) is 6.18 Å². The second kappa shape index (κ2) is 8.27. The number of anilines is 1. The molecule has 2 aromatic carbocycles. The van der Waals surface area contributed by atoms with Gasteiger partial charge < -0.3 is 20.1 Å². The molecule has 2 rings (SSSR count). The molecular formula is C18H19F3N2O2S. The SMILES string of the molecule is COc1ccc(OC)c(C(C)NC(=S)Nc2ccccc2C(F)(F)F)c1. The van der Waals surface area contributed by atoms with Crippen LogP contribution < -0.4 is 20.1 Å². The molecule has 4 nitrogen and oxygen atoms in total. The Morgan fingerprint density at radius 1 is 1.08 bits per heavy atom. The number of nitrogens with one attached hydrogen (secondary N) is 2. The minimum absolute atomic E-state index is 0.0686. The van der Waals surface area contributed by atoms with Gasteiger partial charge in [-0.2, -0.15) is 13.2 Å². The van der Waals surface area contributed by atoms with Gasteiger partial charge in [0, 0.05) is 5.56 Å². The van der Waals surface area contributed by atoms with Gasteiger partial charge in [0.1, 0.15) is 11.5 Å². The number of rotatable bonds is 5. The van der Waals surface area contributed by atoms with E-state index in [0.717, 1.165) is 11.6 Å². The normalized spacial score (nSPS) is 12.2. The molecule has 0 spiro atoms. The highest BCUT2D eigenvalue weighted by atomic mass is 32.1. The zero-order chi connectivity index (χ0) is 19.3. The van der Waals surface area contributed by atoms with Crippen molar-refractivity contribution in [2.75, 3.05) is 19.5 Å². The molecule has 0 radical (unpaired) electrons. The zero-order valence-corrected chi connectivity index (χ0v) is 15.3. The van der Waals surface area contributed by atoms with Crippen molar-refractivity contribution in [3.63, 3.8) is 0 Å². The molecule has 0 amide bonds. The van der Waals surface area contributed by atoms with E-state index in [0.29, 0.717) is 11.5 Å². The third-order valence-electron chi connectivity index (χ3n) is 3.73. The Labute approximate surface area is 155 Å². The van der Waals surface area contributed by atoms with Crippen LogP contribution in [-0.4, -0.2) is 19.3 Å². The number of alkyl halides is 3. The number of ether oxygens (including phenoxy) is 2. The summed E-state index contributed by atoms with van der Waals surface area (Å²) in [4.78, 5) is 0. The summed E-state index contributed by atoms with van der Waals surface area (Å²) in [6, 6.07) is 10.1. The molecule has 0 aliphatic carbocycles. The summed E-state index contributed by atoms with van der Waals surface area (Å²) >= 11 is 5.17. The Bertz CT molecular complexity index is 781. The molecule has 0 heterocycles. The first kappa shape index (κ1) is 19.8. The molecule has 1 atom stereocenters. The van der Waals surface area contributed by atoms with Crippen molar-refractivity contribution in [3.05, 3.63) is 53.6 Å². The summed E-state index contributed by atoms with van der Waals surface area (Å²) in [5.41, 5.74) is -0.127. The number of halogens is 3. The lowest BCUT2D eigenvalue weighted by Crippen LogP contribution is -2.31. The highest BCUT2D eigenvalue weighted by Crippen LogP contribution is 2.34. The predicted molar refractivity (Wildman–Crippen MR) is 98.8 cm³/mol. The number of methoxy groups -OCH3 is 2. The molecule has 0 aromatic heterocycles. The average molecular weight is 384 g/mol. The van der Waals surface area contributed by atoms with Gasteiger partial charge in [0.25, 0.3) is 0 Å². The fourth-order valence-electron chi connectivity index (χ4n) is 2.45. The van der Waals surface area contributed by atoms with E-state index in [1.807, 2.05) is 6.92 Å². The third kappa shape index (κ3) is 4.78. The number of benzene rings is 2. The van der Waals surface area contributed by atoms with Crippen LogP contribution in [0.2, 0.25) is 0 Å². The van der Waals surface area contributed by atoms with E-state index in [-0.39, 0.29) is 16.8 Å². The summed E-state index contributed by atoms with van der Waals surface area (Å²) in [7, 11) is 3.08. The highest BCUT2D eigenvalue weighted by molar-refractivity contribution is 7.80. The summed E-state index contributed by atoms with van der Waals surface area (Å²) in [5.74, 6) is 1.25. The molecule has 0 saturated heterocycles. The predicted octanol–water partition coefficient (Wildman–Crippen LogP) is 4.77. The molecule has 0 saturated carbocycles. The minimum Gasteiger partial charge on any atom is -0.497 e. The van der Waals surface area contributed by atoms with Gasteiger partial charge in [-0.15, -0.1) is 0 Å². The summed E-state index contributed by atoms with van der Waals surface area (Å²) in [6.07, 6.45) is -4.47. The van der Waals surface area contributed by atoms with Crippen LogP contribution in [0.4, 0.5) is 18.9 Å². The van der Waals surface area contributed by atoms with Crippen LogP contribution in [0, 0.1) is 0 Å². The van der Waals surface area contributed by atoms with Crippen LogP contribution in [0.15, 0.2) is 42.5 Å². The van der Waals surface area contributed by atoms with Crippen LogP contribution in [0.25, 0.3) is 0 Å². The molecule has 0 aliphatic heterocycles. The lowest BCUT2D eigenvalue weighted by molar-refractivity contribution is -0.136. The Morgan fingerprint density at radius 2 is 1.77 bits per heavy atom. The number of thiocarbonyl (C=S) groups is 1. The fraction of sp³-hybridized carbons (Fsp3) is 0.278. The van der Waals surface area contributed by atoms with Gasteiger partial charge in [-0.1, -0.05) is 12.1 Å². The quantitative estimate of drug-likeness (QED) is 0.727. The standard InChI is InChI=1S/C18H19F3N2O2S/c1-11(13-10-12(24-2)8-9-16(13)25-3)22-17(26)23-15-7-5-4-6-14(15)18(19,20)21/h4-11H,1-3H3,(H2,22,23,26). The molecule has 0 bridgehead atoms. The van der Waals surface area contributed by atoms with Crippen molar-refractivity contribution in [1.29, 1.82) is 0 Å². The first-order chi connectivity index (χ1) is 12.3. The zero-order valence-electron chi connectivity index (χ0n) is 14.5. The maximum absolute atomic E-state index is 13.1. The molecule has 0 fully saturated rings. The molecular weight excluding hydrogens is 365 g/mol. The second-order valence-corrected chi connectivity index (χ2v) is 5.88. The van der Waals surface area contributed by atoms with Crippen LogP contribution in [0.5, 0.6) is 11.5 Å². The molecule has 2 aromatic rings. The number of hydrogen-bond donors (Lipinski definition) is 2. The number of para-hydroxylation sites is 1. The van der Waals surface area contributed by atoms with Gasteiger partial charge in [0.05, 0.1) is 31.5 Å². The van der Waals surface area contributed by atoms with Gasteiger partial charge in [0.15, 0.2) is 5.11 Å². The Kier molecular flexibility index (Phi) is 6.31. The third-order valence-corrected chi connectivity index (χ3v) is 3.95. The minimum atomic E-state index is -4.47. The van der Waals surface area contributed by atoms with E-state index in [9.17, 15) is 13.2 Å².